The molecule has 0 N–H and O–H groups in total. The summed E-state index contributed by atoms with van der Waals surface area (Å²) in [6, 6.07) is 31.2. The molecule has 36 heavy (non-hydrogen) atoms. The van der Waals surface area contributed by atoms with Gasteiger partial charge in [0.1, 0.15) is 0 Å². The molecule has 0 aliphatic rings. The van der Waals surface area contributed by atoms with Crippen LogP contribution < -0.4 is 4.90 Å². The van der Waals surface area contributed by atoms with Gasteiger partial charge in [-0.15, -0.1) is 0 Å². The number of anilines is 3. The second-order valence-electron chi connectivity index (χ2n) is 9.85. The van der Waals surface area contributed by atoms with Crippen molar-refractivity contribution in [3.63, 3.8) is 0 Å². The fourth-order valence-corrected chi connectivity index (χ4v) is 4.67. The van der Waals surface area contributed by atoms with Crippen molar-refractivity contribution in [3.05, 3.63) is 108 Å². The molecule has 0 spiro atoms. The Bertz CT molecular complexity index is 1140. The number of benzene rings is 3. The Morgan fingerprint density at radius 2 is 1.11 bits per heavy atom. The summed E-state index contributed by atoms with van der Waals surface area (Å²) >= 11 is 0. The van der Waals surface area contributed by atoms with Crippen molar-refractivity contribution in [1.82, 2.24) is 4.98 Å². The van der Waals surface area contributed by atoms with E-state index in [4.69, 9.17) is 4.98 Å². The Hall–Kier alpha value is -3.39. The molecule has 0 unspecified atom stereocenters. The molecule has 1 heterocycles. The van der Waals surface area contributed by atoms with Gasteiger partial charge in [0.2, 0.25) is 0 Å². The van der Waals surface area contributed by atoms with Gasteiger partial charge in [-0.25, -0.2) is 0 Å². The maximum atomic E-state index is 4.69. The number of pyridine rings is 1. The van der Waals surface area contributed by atoms with Gasteiger partial charge >= 0.3 is 0 Å². The molecular formula is C34H40N2. The third kappa shape index (κ3) is 6.85. The number of unbranched alkanes of at least 4 members (excludes halogenated alkanes) is 4. The van der Waals surface area contributed by atoms with Crippen LogP contribution in [0.15, 0.2) is 91.1 Å². The standard InChI is InChI=1S/C34H40N2/c1-4-6-8-10-28-14-20-31(21-15-28)36(32-22-16-29(17-23-32)11-9-7-5-2)33-24-25-35-34(26-33)30-18-12-27(3)13-19-30/h12-26H,4-11H2,1-3H3. The maximum absolute atomic E-state index is 4.69. The van der Waals surface area contributed by atoms with Crippen molar-refractivity contribution < 1.29 is 0 Å². The van der Waals surface area contributed by atoms with Gasteiger partial charge in [0.15, 0.2) is 0 Å². The van der Waals surface area contributed by atoms with Gasteiger partial charge in [0.25, 0.3) is 0 Å². The minimum absolute atomic E-state index is 0.991. The van der Waals surface area contributed by atoms with Crippen molar-refractivity contribution in [3.8, 4) is 11.3 Å². The highest BCUT2D eigenvalue weighted by molar-refractivity contribution is 5.78. The summed E-state index contributed by atoms with van der Waals surface area (Å²) in [4.78, 5) is 7.05. The van der Waals surface area contributed by atoms with E-state index in [0.717, 1.165) is 29.8 Å². The monoisotopic (exact) mass is 476 g/mol. The van der Waals surface area contributed by atoms with Crippen LogP contribution in [0.2, 0.25) is 0 Å². The summed E-state index contributed by atoms with van der Waals surface area (Å²) in [5, 5.41) is 0. The lowest BCUT2D eigenvalue weighted by Crippen LogP contribution is -2.10. The summed E-state index contributed by atoms with van der Waals surface area (Å²) < 4.78 is 0. The van der Waals surface area contributed by atoms with Gasteiger partial charge < -0.3 is 4.90 Å². The van der Waals surface area contributed by atoms with E-state index in [2.05, 4.69) is 111 Å². The summed E-state index contributed by atoms with van der Waals surface area (Å²) in [5.41, 5.74) is 9.68. The average molecular weight is 477 g/mol. The maximum Gasteiger partial charge on any atom is 0.0722 e. The first-order chi connectivity index (χ1) is 17.7. The van der Waals surface area contributed by atoms with Gasteiger partial charge in [-0.05, 0) is 80.1 Å². The first-order valence-electron chi connectivity index (χ1n) is 13.7. The van der Waals surface area contributed by atoms with Gasteiger partial charge in [0, 0.05) is 28.8 Å². The molecule has 0 atom stereocenters. The van der Waals surface area contributed by atoms with Crippen LogP contribution in [0, 0.1) is 6.92 Å². The van der Waals surface area contributed by atoms with Crippen LogP contribution in [0.5, 0.6) is 0 Å². The zero-order valence-corrected chi connectivity index (χ0v) is 22.2. The fraction of sp³-hybridized carbons (Fsp3) is 0.324. The zero-order chi connectivity index (χ0) is 25.2. The molecule has 2 heteroatoms. The highest BCUT2D eigenvalue weighted by atomic mass is 15.1. The minimum Gasteiger partial charge on any atom is -0.310 e. The normalized spacial score (nSPS) is 11.0. The number of rotatable bonds is 12. The molecule has 0 radical (unpaired) electrons. The SMILES string of the molecule is CCCCCc1ccc(N(c2ccc(CCCCC)cc2)c2ccnc(-c3ccc(C)cc3)c2)cc1. The third-order valence-corrected chi connectivity index (χ3v) is 6.88. The number of hydrogen-bond donors (Lipinski definition) is 0. The summed E-state index contributed by atoms with van der Waals surface area (Å²) in [6.45, 7) is 6.64. The Kier molecular flexibility index (Phi) is 9.33. The Morgan fingerprint density at radius 1 is 0.583 bits per heavy atom. The number of nitrogens with zero attached hydrogens (tertiary/aromatic N) is 2. The van der Waals surface area contributed by atoms with Crippen LogP contribution in [0.4, 0.5) is 17.1 Å². The topological polar surface area (TPSA) is 16.1 Å². The molecule has 4 rings (SSSR count). The molecule has 4 aromatic rings. The third-order valence-electron chi connectivity index (χ3n) is 6.88. The Morgan fingerprint density at radius 3 is 1.61 bits per heavy atom. The van der Waals surface area contributed by atoms with E-state index in [1.807, 2.05) is 6.20 Å². The number of hydrogen-bond acceptors (Lipinski definition) is 2. The molecular weight excluding hydrogens is 436 g/mol. The number of aromatic nitrogens is 1. The summed E-state index contributed by atoms with van der Waals surface area (Å²) in [5.74, 6) is 0. The minimum atomic E-state index is 0.991. The lowest BCUT2D eigenvalue weighted by Gasteiger charge is -2.26. The van der Waals surface area contributed by atoms with Crippen molar-refractivity contribution in [2.45, 2.75) is 72.1 Å². The largest absolute Gasteiger partial charge is 0.310 e. The lowest BCUT2D eigenvalue weighted by atomic mass is 10.0. The lowest BCUT2D eigenvalue weighted by molar-refractivity contribution is 0.717. The Labute approximate surface area is 218 Å². The van der Waals surface area contributed by atoms with Crippen LogP contribution >= 0.6 is 0 Å². The second-order valence-corrected chi connectivity index (χ2v) is 9.85. The molecule has 0 bridgehead atoms. The quantitative estimate of drug-likeness (QED) is 0.189. The molecule has 186 valence electrons. The van der Waals surface area contributed by atoms with Crippen LogP contribution in [-0.4, -0.2) is 4.98 Å². The van der Waals surface area contributed by atoms with E-state index >= 15 is 0 Å². The zero-order valence-electron chi connectivity index (χ0n) is 22.2. The van der Waals surface area contributed by atoms with Crippen molar-refractivity contribution >= 4 is 17.1 Å². The predicted molar refractivity (Wildman–Crippen MR) is 156 cm³/mol. The van der Waals surface area contributed by atoms with Gasteiger partial charge in [-0.3, -0.25) is 4.98 Å². The van der Waals surface area contributed by atoms with Gasteiger partial charge in [-0.1, -0.05) is 93.6 Å². The summed E-state index contributed by atoms with van der Waals surface area (Å²) in [6.07, 6.45) is 11.8. The molecule has 2 nitrogen and oxygen atoms in total. The van der Waals surface area contributed by atoms with Crippen molar-refractivity contribution in [1.29, 1.82) is 0 Å². The predicted octanol–water partition coefficient (Wildman–Crippen LogP) is 9.99. The van der Waals surface area contributed by atoms with E-state index in [9.17, 15) is 0 Å². The van der Waals surface area contributed by atoms with Gasteiger partial charge in [-0.2, -0.15) is 0 Å². The van der Waals surface area contributed by atoms with Crippen molar-refractivity contribution in [2.75, 3.05) is 4.90 Å². The molecule has 3 aromatic carbocycles. The second kappa shape index (κ2) is 13.1. The Balaban J connectivity index is 1.67. The molecule has 0 saturated carbocycles. The van der Waals surface area contributed by atoms with Gasteiger partial charge in [0.05, 0.1) is 5.69 Å². The fourth-order valence-electron chi connectivity index (χ4n) is 4.67. The first kappa shape index (κ1) is 25.7. The number of aryl methyl sites for hydroxylation is 3. The van der Waals surface area contributed by atoms with Crippen molar-refractivity contribution in [2.24, 2.45) is 0 Å². The molecule has 0 aliphatic carbocycles. The molecule has 0 saturated heterocycles. The van der Waals surface area contributed by atoms with E-state index < -0.39 is 0 Å². The summed E-state index contributed by atoms with van der Waals surface area (Å²) in [7, 11) is 0. The van der Waals surface area contributed by atoms with Crippen LogP contribution in [-0.2, 0) is 12.8 Å². The average Bonchev–Trinajstić information content (AvgIpc) is 2.91. The molecule has 0 aliphatic heterocycles. The highest BCUT2D eigenvalue weighted by Crippen LogP contribution is 2.36. The highest BCUT2D eigenvalue weighted by Gasteiger charge is 2.14. The van der Waals surface area contributed by atoms with E-state index in [1.54, 1.807) is 0 Å². The van der Waals surface area contributed by atoms with Crippen LogP contribution in [0.25, 0.3) is 11.3 Å². The van der Waals surface area contributed by atoms with E-state index in [0.29, 0.717) is 0 Å². The van der Waals surface area contributed by atoms with Crippen LogP contribution in [0.3, 0.4) is 0 Å². The van der Waals surface area contributed by atoms with E-state index in [-0.39, 0.29) is 0 Å². The molecule has 0 amide bonds. The molecule has 0 fully saturated rings. The van der Waals surface area contributed by atoms with Crippen LogP contribution in [0.1, 0.15) is 69.1 Å². The van der Waals surface area contributed by atoms with E-state index in [1.165, 1.54) is 66.6 Å². The molecule has 1 aromatic heterocycles. The first-order valence-corrected chi connectivity index (χ1v) is 13.7. The smallest absolute Gasteiger partial charge is 0.0722 e.